The summed E-state index contributed by atoms with van der Waals surface area (Å²) in [5, 5.41) is 3.38. The molecule has 0 bridgehead atoms. The standard InChI is InChI=1S/C9H14N2/c1-7-5-10-6-8(7)9-3-2-4-11-9/h3-4,7-8,10H,2,5-6H2,1H3/t7-,8-/m1/s1. The number of nitrogens with zero attached hydrogens (tertiary/aromatic N) is 1. The van der Waals surface area contributed by atoms with Gasteiger partial charge in [-0.2, -0.15) is 0 Å². The van der Waals surface area contributed by atoms with E-state index in [2.05, 4.69) is 23.3 Å². The maximum Gasteiger partial charge on any atom is 0.0410 e. The predicted molar refractivity (Wildman–Crippen MR) is 46.7 cm³/mol. The van der Waals surface area contributed by atoms with Gasteiger partial charge in [-0.1, -0.05) is 13.0 Å². The van der Waals surface area contributed by atoms with Gasteiger partial charge in [-0.25, -0.2) is 0 Å². The number of nitrogens with one attached hydrogen (secondary N) is 1. The van der Waals surface area contributed by atoms with E-state index >= 15 is 0 Å². The number of rotatable bonds is 1. The lowest BCUT2D eigenvalue weighted by molar-refractivity contribution is 0.515. The van der Waals surface area contributed by atoms with Crippen molar-refractivity contribution < 1.29 is 0 Å². The van der Waals surface area contributed by atoms with Crippen LogP contribution in [0.2, 0.25) is 0 Å². The zero-order valence-electron chi connectivity index (χ0n) is 6.88. The topological polar surface area (TPSA) is 24.4 Å². The Bertz CT molecular complexity index is 206. The summed E-state index contributed by atoms with van der Waals surface area (Å²) in [5.41, 5.74) is 1.31. The molecule has 2 aliphatic heterocycles. The average molecular weight is 150 g/mol. The second-order valence-electron chi connectivity index (χ2n) is 3.42. The lowest BCUT2D eigenvalue weighted by atomic mass is 9.95. The van der Waals surface area contributed by atoms with Crippen molar-refractivity contribution in [3.63, 3.8) is 0 Å². The molecule has 0 unspecified atom stereocenters. The quantitative estimate of drug-likeness (QED) is 0.596. The molecule has 0 radical (unpaired) electrons. The van der Waals surface area contributed by atoms with E-state index in [0.29, 0.717) is 5.92 Å². The Morgan fingerprint density at radius 2 is 2.45 bits per heavy atom. The zero-order chi connectivity index (χ0) is 7.68. The Hall–Kier alpha value is -0.630. The van der Waals surface area contributed by atoms with Crippen molar-refractivity contribution in [1.82, 2.24) is 5.32 Å². The average Bonchev–Trinajstić information content (AvgIpc) is 2.55. The van der Waals surface area contributed by atoms with Crippen LogP contribution in [0, 0.1) is 11.8 Å². The fourth-order valence-corrected chi connectivity index (χ4v) is 1.84. The summed E-state index contributed by atoms with van der Waals surface area (Å²) < 4.78 is 0. The van der Waals surface area contributed by atoms with Crippen molar-refractivity contribution in [2.24, 2.45) is 16.8 Å². The molecule has 60 valence electrons. The molecule has 1 N–H and O–H groups in total. The number of aliphatic imine (C=N–C) groups is 1. The van der Waals surface area contributed by atoms with Crippen LogP contribution in [-0.4, -0.2) is 19.3 Å². The van der Waals surface area contributed by atoms with Gasteiger partial charge in [0.1, 0.15) is 0 Å². The molecule has 2 rings (SSSR count). The lowest BCUT2D eigenvalue weighted by Gasteiger charge is -2.12. The summed E-state index contributed by atoms with van der Waals surface area (Å²) in [4.78, 5) is 4.36. The highest BCUT2D eigenvalue weighted by Gasteiger charge is 2.26. The molecule has 0 aromatic heterocycles. The van der Waals surface area contributed by atoms with Crippen LogP contribution in [0.4, 0.5) is 0 Å². The van der Waals surface area contributed by atoms with Gasteiger partial charge < -0.3 is 5.32 Å². The fraction of sp³-hybridized carbons (Fsp3) is 0.667. The first-order valence-electron chi connectivity index (χ1n) is 4.31. The largest absolute Gasteiger partial charge is 0.316 e. The zero-order valence-corrected chi connectivity index (χ0v) is 6.88. The third kappa shape index (κ3) is 1.23. The minimum Gasteiger partial charge on any atom is -0.316 e. The van der Waals surface area contributed by atoms with Crippen molar-refractivity contribution in [2.75, 3.05) is 13.1 Å². The SMILES string of the molecule is C[C@@H]1CNC[C@H]1C1=CCC=N1. The molecular formula is C9H14N2. The summed E-state index contributed by atoms with van der Waals surface area (Å²) >= 11 is 0. The van der Waals surface area contributed by atoms with Gasteiger partial charge in [0.2, 0.25) is 0 Å². The molecule has 2 heteroatoms. The van der Waals surface area contributed by atoms with Gasteiger partial charge in [0, 0.05) is 30.8 Å². The molecule has 2 heterocycles. The molecule has 2 nitrogen and oxygen atoms in total. The molecule has 2 aliphatic rings. The molecule has 0 saturated carbocycles. The Morgan fingerprint density at radius 3 is 3.00 bits per heavy atom. The van der Waals surface area contributed by atoms with Crippen LogP contribution in [-0.2, 0) is 0 Å². The third-order valence-electron chi connectivity index (χ3n) is 2.57. The van der Waals surface area contributed by atoms with Gasteiger partial charge in [-0.15, -0.1) is 0 Å². The first-order chi connectivity index (χ1) is 5.38. The van der Waals surface area contributed by atoms with E-state index in [9.17, 15) is 0 Å². The van der Waals surface area contributed by atoms with Crippen molar-refractivity contribution in [3.8, 4) is 0 Å². The highest BCUT2D eigenvalue weighted by Crippen LogP contribution is 2.26. The number of hydrogen-bond acceptors (Lipinski definition) is 2. The second-order valence-corrected chi connectivity index (χ2v) is 3.42. The van der Waals surface area contributed by atoms with Gasteiger partial charge in [-0.05, 0) is 12.5 Å². The Kier molecular flexibility index (Phi) is 1.78. The molecular weight excluding hydrogens is 136 g/mol. The van der Waals surface area contributed by atoms with Crippen LogP contribution in [0.1, 0.15) is 13.3 Å². The van der Waals surface area contributed by atoms with Crippen molar-refractivity contribution in [1.29, 1.82) is 0 Å². The van der Waals surface area contributed by atoms with E-state index in [4.69, 9.17) is 0 Å². The minimum atomic E-state index is 0.675. The Labute approximate surface area is 67.4 Å². The Morgan fingerprint density at radius 1 is 1.55 bits per heavy atom. The van der Waals surface area contributed by atoms with E-state index < -0.39 is 0 Å². The maximum atomic E-state index is 4.36. The molecule has 11 heavy (non-hydrogen) atoms. The number of allylic oxidation sites excluding steroid dienone is 1. The van der Waals surface area contributed by atoms with E-state index in [1.165, 1.54) is 5.70 Å². The summed E-state index contributed by atoms with van der Waals surface area (Å²) in [6.07, 6.45) is 5.28. The van der Waals surface area contributed by atoms with Gasteiger partial charge >= 0.3 is 0 Å². The van der Waals surface area contributed by atoms with Gasteiger partial charge in [0.15, 0.2) is 0 Å². The van der Waals surface area contributed by atoms with Crippen molar-refractivity contribution in [2.45, 2.75) is 13.3 Å². The normalized spacial score (nSPS) is 36.3. The molecule has 0 spiro atoms. The van der Waals surface area contributed by atoms with Crippen molar-refractivity contribution >= 4 is 6.21 Å². The van der Waals surface area contributed by atoms with E-state index in [-0.39, 0.29) is 0 Å². The predicted octanol–water partition coefficient (Wildman–Crippen LogP) is 1.20. The fourth-order valence-electron chi connectivity index (χ4n) is 1.84. The number of hydrogen-bond donors (Lipinski definition) is 1. The van der Waals surface area contributed by atoms with Gasteiger partial charge in [0.05, 0.1) is 0 Å². The van der Waals surface area contributed by atoms with Crippen LogP contribution in [0.15, 0.2) is 16.8 Å². The second kappa shape index (κ2) is 2.78. The molecule has 0 aliphatic carbocycles. The van der Waals surface area contributed by atoms with Crippen LogP contribution in [0.25, 0.3) is 0 Å². The monoisotopic (exact) mass is 150 g/mol. The molecule has 0 amide bonds. The first kappa shape index (κ1) is 7.04. The van der Waals surface area contributed by atoms with Crippen molar-refractivity contribution in [3.05, 3.63) is 11.8 Å². The first-order valence-corrected chi connectivity index (χ1v) is 4.31. The molecule has 1 fully saturated rings. The smallest absolute Gasteiger partial charge is 0.0410 e. The third-order valence-corrected chi connectivity index (χ3v) is 2.57. The molecule has 0 aromatic rings. The molecule has 2 atom stereocenters. The highest BCUT2D eigenvalue weighted by atomic mass is 14.9. The molecule has 1 saturated heterocycles. The van der Waals surface area contributed by atoms with Gasteiger partial charge in [0.25, 0.3) is 0 Å². The highest BCUT2D eigenvalue weighted by molar-refractivity contribution is 5.64. The van der Waals surface area contributed by atoms with E-state index in [0.717, 1.165) is 25.4 Å². The van der Waals surface area contributed by atoms with Crippen LogP contribution in [0.3, 0.4) is 0 Å². The summed E-state index contributed by atoms with van der Waals surface area (Å²) in [6, 6.07) is 0. The van der Waals surface area contributed by atoms with Crippen LogP contribution < -0.4 is 5.32 Å². The van der Waals surface area contributed by atoms with Gasteiger partial charge in [-0.3, -0.25) is 4.99 Å². The lowest BCUT2D eigenvalue weighted by Crippen LogP contribution is -2.10. The minimum absolute atomic E-state index is 0.675. The molecule has 0 aromatic carbocycles. The van der Waals surface area contributed by atoms with Crippen LogP contribution in [0.5, 0.6) is 0 Å². The summed E-state index contributed by atoms with van der Waals surface area (Å²) in [5.74, 6) is 1.44. The summed E-state index contributed by atoms with van der Waals surface area (Å²) in [7, 11) is 0. The van der Waals surface area contributed by atoms with Crippen LogP contribution >= 0.6 is 0 Å². The summed E-state index contributed by atoms with van der Waals surface area (Å²) in [6.45, 7) is 4.56. The Balaban J connectivity index is 2.09. The van der Waals surface area contributed by atoms with E-state index in [1.54, 1.807) is 0 Å². The maximum absolute atomic E-state index is 4.36. The van der Waals surface area contributed by atoms with E-state index in [1.807, 2.05) is 6.21 Å².